The third-order valence-electron chi connectivity index (χ3n) is 2.84. The zero-order chi connectivity index (χ0) is 13.5. The highest BCUT2D eigenvalue weighted by Crippen LogP contribution is 2.11. The summed E-state index contributed by atoms with van der Waals surface area (Å²) in [6.07, 6.45) is 3.05. The summed E-state index contributed by atoms with van der Waals surface area (Å²) in [6, 6.07) is 1.74. The van der Waals surface area contributed by atoms with Crippen LogP contribution < -0.4 is 5.32 Å². The molecular weight excluding hydrogens is 234 g/mol. The molecule has 1 atom stereocenters. The standard InChI is InChI=1S/C13H19NO4/c1-9(3-4-11(15)16)5-7-14-13(17)12-10(2)6-8-18-12/h6,8-9H,3-5,7H2,1-2H3,(H,14,17)(H,15,16). The molecule has 1 rings (SSSR count). The predicted octanol–water partition coefficient (Wildman–Crippen LogP) is 2.21. The SMILES string of the molecule is Cc1ccoc1C(=O)NCCC(C)CCC(=O)O. The first-order valence-corrected chi connectivity index (χ1v) is 6.04. The first-order chi connectivity index (χ1) is 8.50. The topological polar surface area (TPSA) is 79.5 Å². The van der Waals surface area contributed by atoms with Gasteiger partial charge in [-0.15, -0.1) is 0 Å². The number of carbonyl (C=O) groups excluding carboxylic acids is 1. The highest BCUT2D eigenvalue weighted by atomic mass is 16.4. The molecule has 0 aliphatic carbocycles. The Kier molecular flexibility index (Phi) is 5.42. The Bertz CT molecular complexity index is 411. The molecule has 0 saturated heterocycles. The largest absolute Gasteiger partial charge is 0.481 e. The van der Waals surface area contributed by atoms with Crippen LogP contribution >= 0.6 is 0 Å². The van der Waals surface area contributed by atoms with E-state index in [-0.39, 0.29) is 18.2 Å². The van der Waals surface area contributed by atoms with Crippen molar-refractivity contribution in [1.29, 1.82) is 0 Å². The van der Waals surface area contributed by atoms with E-state index in [1.807, 2.05) is 13.8 Å². The van der Waals surface area contributed by atoms with Crippen molar-refractivity contribution in [3.05, 3.63) is 23.7 Å². The molecule has 1 heterocycles. The Hall–Kier alpha value is -1.78. The van der Waals surface area contributed by atoms with Gasteiger partial charge >= 0.3 is 5.97 Å². The fourth-order valence-corrected chi connectivity index (χ4v) is 1.63. The number of rotatable bonds is 7. The molecule has 1 aromatic rings. The van der Waals surface area contributed by atoms with Gasteiger partial charge in [0.25, 0.3) is 5.91 Å². The number of aliphatic carboxylic acids is 1. The zero-order valence-corrected chi connectivity index (χ0v) is 10.7. The van der Waals surface area contributed by atoms with Gasteiger partial charge in [0, 0.05) is 18.5 Å². The van der Waals surface area contributed by atoms with Gasteiger partial charge in [0.15, 0.2) is 5.76 Å². The van der Waals surface area contributed by atoms with Crippen LogP contribution in [0.25, 0.3) is 0 Å². The molecule has 0 saturated carbocycles. The van der Waals surface area contributed by atoms with Crippen LogP contribution in [0.3, 0.4) is 0 Å². The van der Waals surface area contributed by atoms with E-state index < -0.39 is 5.97 Å². The molecule has 0 aromatic carbocycles. The molecule has 1 unspecified atom stereocenters. The third-order valence-corrected chi connectivity index (χ3v) is 2.84. The van der Waals surface area contributed by atoms with Crippen molar-refractivity contribution >= 4 is 11.9 Å². The molecule has 1 amide bonds. The maximum atomic E-state index is 11.7. The summed E-state index contributed by atoms with van der Waals surface area (Å²) in [5.41, 5.74) is 0.812. The second kappa shape index (κ2) is 6.83. The van der Waals surface area contributed by atoms with Crippen molar-refractivity contribution in [3.63, 3.8) is 0 Å². The second-order valence-corrected chi connectivity index (χ2v) is 4.51. The van der Waals surface area contributed by atoms with Gasteiger partial charge < -0.3 is 14.8 Å². The fraction of sp³-hybridized carbons (Fsp3) is 0.538. The van der Waals surface area contributed by atoms with E-state index in [1.54, 1.807) is 6.07 Å². The number of carbonyl (C=O) groups is 2. The van der Waals surface area contributed by atoms with Crippen molar-refractivity contribution in [2.24, 2.45) is 5.92 Å². The van der Waals surface area contributed by atoms with Gasteiger partial charge in [-0.2, -0.15) is 0 Å². The van der Waals surface area contributed by atoms with Crippen molar-refractivity contribution in [3.8, 4) is 0 Å². The molecule has 18 heavy (non-hydrogen) atoms. The van der Waals surface area contributed by atoms with Crippen molar-refractivity contribution < 1.29 is 19.1 Å². The molecule has 0 aliphatic heterocycles. The summed E-state index contributed by atoms with van der Waals surface area (Å²) in [4.78, 5) is 22.1. The van der Waals surface area contributed by atoms with Gasteiger partial charge in [0.05, 0.1) is 6.26 Å². The molecule has 100 valence electrons. The summed E-state index contributed by atoms with van der Waals surface area (Å²) < 4.78 is 5.07. The average molecular weight is 253 g/mol. The number of nitrogens with one attached hydrogen (secondary N) is 1. The van der Waals surface area contributed by atoms with E-state index in [0.717, 1.165) is 12.0 Å². The normalized spacial score (nSPS) is 12.1. The molecule has 0 spiro atoms. The molecule has 5 heteroatoms. The summed E-state index contributed by atoms with van der Waals surface area (Å²) >= 11 is 0. The van der Waals surface area contributed by atoms with Crippen molar-refractivity contribution in [2.75, 3.05) is 6.54 Å². The number of hydrogen-bond donors (Lipinski definition) is 2. The van der Waals surface area contributed by atoms with Crippen LogP contribution in [-0.4, -0.2) is 23.5 Å². The van der Waals surface area contributed by atoms with Gasteiger partial charge in [-0.1, -0.05) is 6.92 Å². The van der Waals surface area contributed by atoms with Crippen molar-refractivity contribution in [2.45, 2.75) is 33.1 Å². The maximum Gasteiger partial charge on any atom is 0.303 e. The number of amides is 1. The van der Waals surface area contributed by atoms with Gasteiger partial charge in [-0.3, -0.25) is 9.59 Å². The van der Waals surface area contributed by atoms with Gasteiger partial charge in [-0.25, -0.2) is 0 Å². The highest BCUT2D eigenvalue weighted by molar-refractivity contribution is 5.92. The summed E-state index contributed by atoms with van der Waals surface area (Å²) in [6.45, 7) is 4.32. The van der Waals surface area contributed by atoms with Crippen LogP contribution in [0.4, 0.5) is 0 Å². The fourth-order valence-electron chi connectivity index (χ4n) is 1.63. The maximum absolute atomic E-state index is 11.7. The Balaban J connectivity index is 2.24. The lowest BCUT2D eigenvalue weighted by atomic mass is 10.0. The summed E-state index contributed by atoms with van der Waals surface area (Å²) in [7, 11) is 0. The Morgan fingerprint density at radius 1 is 1.44 bits per heavy atom. The van der Waals surface area contributed by atoms with Gasteiger partial charge in [0.2, 0.25) is 0 Å². The van der Waals surface area contributed by atoms with E-state index in [1.165, 1.54) is 6.26 Å². The lowest BCUT2D eigenvalue weighted by Gasteiger charge is -2.10. The molecule has 1 aromatic heterocycles. The predicted molar refractivity (Wildman–Crippen MR) is 66.4 cm³/mol. The number of carboxylic acids is 1. The molecule has 0 bridgehead atoms. The number of hydrogen-bond acceptors (Lipinski definition) is 3. The number of carboxylic acid groups (broad SMARTS) is 1. The first kappa shape index (κ1) is 14.3. The molecule has 0 fully saturated rings. The summed E-state index contributed by atoms with van der Waals surface area (Å²) in [5.74, 6) is -0.382. The van der Waals surface area contributed by atoms with Crippen LogP contribution in [0.5, 0.6) is 0 Å². The summed E-state index contributed by atoms with van der Waals surface area (Å²) in [5, 5.41) is 11.3. The minimum absolute atomic E-state index is 0.173. The Morgan fingerprint density at radius 2 is 2.17 bits per heavy atom. The molecule has 5 nitrogen and oxygen atoms in total. The molecular formula is C13H19NO4. The Labute approximate surface area is 106 Å². The lowest BCUT2D eigenvalue weighted by molar-refractivity contribution is -0.137. The monoisotopic (exact) mass is 253 g/mol. The van der Waals surface area contributed by atoms with Crippen LogP contribution in [0.2, 0.25) is 0 Å². The van der Waals surface area contributed by atoms with Crippen LogP contribution in [0.1, 0.15) is 42.3 Å². The quantitative estimate of drug-likeness (QED) is 0.780. The number of furan rings is 1. The van der Waals surface area contributed by atoms with Crippen LogP contribution in [0.15, 0.2) is 16.7 Å². The highest BCUT2D eigenvalue weighted by Gasteiger charge is 2.12. The van der Waals surface area contributed by atoms with Crippen LogP contribution in [-0.2, 0) is 4.79 Å². The van der Waals surface area contributed by atoms with Crippen LogP contribution in [0, 0.1) is 12.8 Å². The minimum Gasteiger partial charge on any atom is -0.481 e. The average Bonchev–Trinajstić information content (AvgIpc) is 2.72. The van der Waals surface area contributed by atoms with E-state index >= 15 is 0 Å². The Morgan fingerprint density at radius 3 is 2.72 bits per heavy atom. The van der Waals surface area contributed by atoms with E-state index in [0.29, 0.717) is 18.7 Å². The first-order valence-electron chi connectivity index (χ1n) is 6.04. The number of aryl methyl sites for hydroxylation is 1. The minimum atomic E-state index is -0.780. The third kappa shape index (κ3) is 4.61. The molecule has 2 N–H and O–H groups in total. The smallest absolute Gasteiger partial charge is 0.303 e. The van der Waals surface area contributed by atoms with E-state index in [4.69, 9.17) is 9.52 Å². The molecule has 0 radical (unpaired) electrons. The lowest BCUT2D eigenvalue weighted by Crippen LogP contribution is -2.25. The molecule has 0 aliphatic rings. The van der Waals surface area contributed by atoms with E-state index in [2.05, 4.69) is 5.32 Å². The van der Waals surface area contributed by atoms with Gasteiger partial charge in [0.1, 0.15) is 0 Å². The zero-order valence-electron chi connectivity index (χ0n) is 10.7. The van der Waals surface area contributed by atoms with Crippen molar-refractivity contribution in [1.82, 2.24) is 5.32 Å². The second-order valence-electron chi connectivity index (χ2n) is 4.51. The van der Waals surface area contributed by atoms with E-state index in [9.17, 15) is 9.59 Å². The van der Waals surface area contributed by atoms with Gasteiger partial charge in [-0.05, 0) is 31.7 Å².